The Morgan fingerprint density at radius 1 is 0.129 bits per heavy atom. The molecule has 0 N–H and O–H groups in total. The lowest BCUT2D eigenvalue weighted by atomic mass is 9.69. The number of rotatable bonds is 18. The Bertz CT molecular complexity index is 3400. The molecule has 14 fully saturated rings. The van der Waals surface area contributed by atoms with Crippen molar-refractivity contribution in [1.29, 1.82) is 0 Å². The average molecular weight is 1790 g/mol. The van der Waals surface area contributed by atoms with Crippen molar-refractivity contribution in [1.82, 2.24) is 0 Å². The fraction of sp³-hybridized carbons (Fsp3) is 0.727. The maximum absolute atomic E-state index is 2.62. The molecular formula is C132H204. The number of aryl methyl sites for hydroxylation is 4. The molecule has 0 saturated heterocycles. The minimum atomic E-state index is 0.806. The third kappa shape index (κ3) is 36.8. The van der Waals surface area contributed by atoms with Gasteiger partial charge in [0.05, 0.1) is 0 Å². The van der Waals surface area contributed by atoms with Crippen LogP contribution in [0.25, 0.3) is 0 Å². The van der Waals surface area contributed by atoms with Crippen LogP contribution in [-0.4, -0.2) is 0 Å². The summed E-state index contributed by atoms with van der Waals surface area (Å²) >= 11 is 0. The molecule has 0 bridgehead atoms. The normalized spacial score (nSPS) is 36.9. The number of benzene rings is 4. The molecule has 732 valence electrons. The van der Waals surface area contributed by atoms with E-state index in [4.69, 9.17) is 0 Å². The predicted octanol–water partition coefficient (Wildman–Crippen LogP) is 40.6. The molecule has 0 nitrogen and oxygen atoms in total. The second-order valence-corrected chi connectivity index (χ2v) is 49.9. The van der Waals surface area contributed by atoms with Gasteiger partial charge in [0.25, 0.3) is 0 Å². The van der Waals surface area contributed by atoms with E-state index in [0.717, 1.165) is 166 Å². The minimum absolute atomic E-state index is 0.806. The Balaban J connectivity index is 0.000000135. The maximum atomic E-state index is 2.62. The molecule has 0 atom stereocenters. The highest BCUT2D eigenvalue weighted by atomic mass is 14.4. The highest BCUT2D eigenvalue weighted by Crippen LogP contribution is 2.48. The van der Waals surface area contributed by atoms with E-state index in [1.54, 1.807) is 22.3 Å². The summed E-state index contributed by atoms with van der Waals surface area (Å²) in [5.74, 6) is 26.0. The van der Waals surface area contributed by atoms with Crippen LogP contribution in [0.15, 0.2) is 170 Å². The van der Waals surface area contributed by atoms with Crippen LogP contribution < -0.4 is 0 Å². The van der Waals surface area contributed by atoms with Gasteiger partial charge in [-0.15, -0.1) is 0 Å². The molecule has 0 heteroatoms. The maximum Gasteiger partial charge on any atom is -0.0162 e. The summed E-state index contributed by atoms with van der Waals surface area (Å²) in [6.07, 6.45) is 112. The molecule has 14 saturated carbocycles. The van der Waals surface area contributed by atoms with Gasteiger partial charge in [-0.25, -0.2) is 0 Å². The van der Waals surface area contributed by atoms with Gasteiger partial charge in [0.15, 0.2) is 0 Å². The van der Waals surface area contributed by atoms with Crippen molar-refractivity contribution in [2.24, 2.45) is 142 Å². The standard InChI is InChI=1S/2C22H38.4C22H32/c6*1-17-3-7-19(8-4-17)9-10-20-11-15-22(16-12-20)21-13-5-18(2)6-14-21/h2*9-10,17-22H,3-8,11-16H2,1-2H3;4*5-6,9-10,13-14,17,19-20,22H,3-4,7-8,11-12,15-16H2,1-2H3. The lowest BCUT2D eigenvalue weighted by Gasteiger charge is -2.36. The average Bonchev–Trinajstić information content (AvgIpc) is 0.870. The Morgan fingerprint density at radius 2 is 0.227 bits per heavy atom. The van der Waals surface area contributed by atoms with E-state index in [9.17, 15) is 0 Å². The molecule has 0 heterocycles. The van der Waals surface area contributed by atoms with Crippen LogP contribution in [0.1, 0.15) is 483 Å². The van der Waals surface area contributed by atoms with E-state index < -0.39 is 0 Å². The molecule has 0 aliphatic heterocycles. The highest BCUT2D eigenvalue weighted by molar-refractivity contribution is 5.29. The largest absolute Gasteiger partial charge is 0.0851 e. The van der Waals surface area contributed by atoms with Crippen LogP contribution in [0, 0.1) is 170 Å². The fourth-order valence-electron chi connectivity index (χ4n) is 27.8. The lowest BCUT2D eigenvalue weighted by Crippen LogP contribution is -2.24. The van der Waals surface area contributed by atoms with E-state index in [-0.39, 0.29) is 0 Å². The molecule has 0 aromatic heterocycles. The molecule has 0 unspecified atom stereocenters. The molecule has 0 amide bonds. The summed E-state index contributed by atoms with van der Waals surface area (Å²) in [7, 11) is 0. The topological polar surface area (TPSA) is 0 Å². The minimum Gasteiger partial charge on any atom is -0.0851 e. The second-order valence-electron chi connectivity index (χ2n) is 49.9. The smallest absolute Gasteiger partial charge is 0.0162 e. The van der Waals surface area contributed by atoms with E-state index in [1.165, 1.54) is 382 Å². The van der Waals surface area contributed by atoms with Crippen LogP contribution in [0.5, 0.6) is 0 Å². The van der Waals surface area contributed by atoms with Gasteiger partial charge >= 0.3 is 0 Å². The zero-order chi connectivity index (χ0) is 92.2. The van der Waals surface area contributed by atoms with E-state index >= 15 is 0 Å². The van der Waals surface area contributed by atoms with Gasteiger partial charge in [-0.05, 0) is 472 Å². The summed E-state index contributed by atoms with van der Waals surface area (Å²) in [4.78, 5) is 0. The Hall–Kier alpha value is -4.68. The molecule has 132 heavy (non-hydrogen) atoms. The molecule has 14 aliphatic carbocycles. The Morgan fingerprint density at radius 3 is 0.356 bits per heavy atom. The van der Waals surface area contributed by atoms with Crippen molar-refractivity contribution in [3.63, 3.8) is 0 Å². The monoisotopic (exact) mass is 1790 g/mol. The fourth-order valence-corrected chi connectivity index (χ4v) is 27.8. The summed E-state index contributed by atoms with van der Waals surface area (Å²) < 4.78 is 0. The number of allylic oxidation sites excluding steroid dienone is 12. The number of hydrogen-bond acceptors (Lipinski definition) is 0. The van der Waals surface area contributed by atoms with Crippen molar-refractivity contribution >= 4 is 0 Å². The summed E-state index contributed by atoms with van der Waals surface area (Å²) in [5, 5.41) is 0. The molecule has 18 rings (SSSR count). The van der Waals surface area contributed by atoms with E-state index in [0.29, 0.717) is 0 Å². The second kappa shape index (κ2) is 56.5. The first-order valence-corrected chi connectivity index (χ1v) is 58.6. The first-order chi connectivity index (χ1) is 64.2. The molecule has 4 aromatic carbocycles. The van der Waals surface area contributed by atoms with Crippen LogP contribution in [-0.2, 0) is 0 Å². The van der Waals surface area contributed by atoms with Crippen LogP contribution >= 0.6 is 0 Å². The summed E-state index contributed by atoms with van der Waals surface area (Å²) in [5.41, 5.74) is 11.8. The molecule has 14 aliphatic rings. The van der Waals surface area contributed by atoms with Crippen molar-refractivity contribution < 1.29 is 0 Å². The van der Waals surface area contributed by atoms with Gasteiger partial charge in [-0.3, -0.25) is 0 Å². The first kappa shape index (κ1) is 105. The zero-order valence-corrected chi connectivity index (χ0v) is 87.9. The van der Waals surface area contributed by atoms with Gasteiger partial charge < -0.3 is 0 Å². The van der Waals surface area contributed by atoms with Crippen molar-refractivity contribution in [2.75, 3.05) is 0 Å². The predicted molar refractivity (Wildman–Crippen MR) is 578 cm³/mol. The van der Waals surface area contributed by atoms with E-state index in [2.05, 4.69) is 253 Å². The number of hydrogen-bond donors (Lipinski definition) is 0. The lowest BCUT2D eigenvalue weighted by molar-refractivity contribution is 0.160. The molecular weight excluding hydrogens is 1590 g/mol. The first-order valence-electron chi connectivity index (χ1n) is 58.6. The molecule has 0 radical (unpaired) electrons. The summed E-state index contributed by atoms with van der Waals surface area (Å²) in [6, 6.07) is 36.9. The Labute approximate surface area is 817 Å². The van der Waals surface area contributed by atoms with Crippen LogP contribution in [0.3, 0.4) is 0 Å². The van der Waals surface area contributed by atoms with Gasteiger partial charge in [-0.1, -0.05) is 350 Å². The van der Waals surface area contributed by atoms with Gasteiger partial charge in [0.1, 0.15) is 0 Å². The third-order valence-electron chi connectivity index (χ3n) is 38.7. The SMILES string of the molecule is CC1CCC(C=CC2CCC(C3CCC(C)CC3)CC2)CC1.CC1CCC(C=CC2CCC(C3CCC(C)CC3)CC2)CC1.Cc1ccc(C2CCC(C=CC3CCC(C)CC3)CC2)cc1.Cc1ccc(C2CCC(C=CC3CCC(C)CC3)CC2)cc1.Cc1ccc(C2CCC(C=CC3CCC(C)CC3)CC2)cc1.Cc1ccc(C2CCC(C=CC3CCC(C)CC3)CC2)cc1. The molecule has 0 spiro atoms. The van der Waals surface area contributed by atoms with Gasteiger partial charge in [0.2, 0.25) is 0 Å². The third-order valence-corrected chi connectivity index (χ3v) is 38.7. The highest BCUT2D eigenvalue weighted by Gasteiger charge is 2.34. The van der Waals surface area contributed by atoms with Crippen LogP contribution in [0.4, 0.5) is 0 Å². The van der Waals surface area contributed by atoms with E-state index in [1.807, 2.05) is 0 Å². The van der Waals surface area contributed by atoms with Crippen molar-refractivity contribution in [3.05, 3.63) is 214 Å². The van der Waals surface area contributed by atoms with Crippen molar-refractivity contribution in [2.45, 2.75) is 466 Å². The molecule has 4 aromatic rings. The quantitative estimate of drug-likeness (QED) is 0.0871. The van der Waals surface area contributed by atoms with Gasteiger partial charge in [-0.2, -0.15) is 0 Å². The Kier molecular flexibility index (Phi) is 44.8. The van der Waals surface area contributed by atoms with Gasteiger partial charge in [0, 0.05) is 0 Å². The summed E-state index contributed by atoms with van der Waals surface area (Å²) in [6.45, 7) is 28.1. The van der Waals surface area contributed by atoms with Crippen molar-refractivity contribution in [3.8, 4) is 0 Å². The van der Waals surface area contributed by atoms with Crippen LogP contribution in [0.2, 0.25) is 0 Å². The zero-order valence-electron chi connectivity index (χ0n) is 87.9.